The highest BCUT2D eigenvalue weighted by Gasteiger charge is 2.38. The summed E-state index contributed by atoms with van der Waals surface area (Å²) in [6.45, 7) is -0.0659. The number of fused-ring (bicyclic) bond motifs is 1. The predicted octanol–water partition coefficient (Wildman–Crippen LogP) is 2.89. The van der Waals surface area contributed by atoms with E-state index in [1.807, 2.05) is 35.1 Å². The van der Waals surface area contributed by atoms with Crippen LogP contribution in [0, 0.1) is 5.82 Å². The Hall–Kier alpha value is -3.37. The lowest BCUT2D eigenvalue weighted by molar-refractivity contribution is -0.117. The Morgan fingerprint density at radius 2 is 1.85 bits per heavy atom. The number of anilines is 1. The summed E-state index contributed by atoms with van der Waals surface area (Å²) in [6, 6.07) is 15.5. The molecule has 1 aliphatic rings. The molecule has 1 aliphatic heterocycles. The van der Waals surface area contributed by atoms with Gasteiger partial charge in [0.25, 0.3) is 5.91 Å². The number of carbonyl (C=O) groups is 1. The lowest BCUT2D eigenvalue weighted by Gasteiger charge is -2.21. The molecule has 0 saturated carbocycles. The van der Waals surface area contributed by atoms with E-state index in [0.717, 1.165) is 5.56 Å². The number of hydrogen-bond acceptors (Lipinski definition) is 6. The summed E-state index contributed by atoms with van der Waals surface area (Å²) in [5, 5.41) is 9.49. The summed E-state index contributed by atoms with van der Waals surface area (Å²) in [4.78, 5) is 11.8. The van der Waals surface area contributed by atoms with Gasteiger partial charge in [0.1, 0.15) is 30.3 Å². The van der Waals surface area contributed by atoms with Gasteiger partial charge in [-0.15, -0.1) is 0 Å². The molecule has 2 N–H and O–H groups in total. The van der Waals surface area contributed by atoms with Crippen molar-refractivity contribution in [3.8, 4) is 11.5 Å². The first kappa shape index (κ1) is 22.8. The lowest BCUT2D eigenvalue weighted by Crippen LogP contribution is -2.30. The largest absolute Gasteiger partial charge is 0.494 e. The quantitative estimate of drug-likeness (QED) is 0.462. The van der Waals surface area contributed by atoms with Gasteiger partial charge in [0.05, 0.1) is 6.61 Å². The first-order chi connectivity index (χ1) is 15.9. The second-order valence-corrected chi connectivity index (χ2v) is 9.11. The second kappa shape index (κ2) is 9.63. The standard InChI is InChI=1S/C23H23FN2O6S/c24-22-19-13-18(31-11-5-4-10-27)9-8-17(19)12-20(32-15-16-6-2-1-3-7-16)23(22)26-14-21(28)25-33(26,29)30/h1-3,6-9,12-13,27H,4-5,10-11,14-15H2,(H,25,28). The van der Waals surface area contributed by atoms with Gasteiger partial charge in [-0.2, -0.15) is 8.42 Å². The Labute approximate surface area is 190 Å². The summed E-state index contributed by atoms with van der Waals surface area (Å²) in [5.74, 6) is -1.19. The fourth-order valence-corrected chi connectivity index (χ4v) is 4.67. The van der Waals surface area contributed by atoms with Gasteiger partial charge in [-0.1, -0.05) is 36.4 Å². The molecular weight excluding hydrogens is 451 g/mol. The van der Waals surface area contributed by atoms with Crippen molar-refractivity contribution in [2.75, 3.05) is 24.1 Å². The average molecular weight is 475 g/mol. The van der Waals surface area contributed by atoms with E-state index < -0.39 is 28.5 Å². The van der Waals surface area contributed by atoms with Crippen molar-refractivity contribution in [2.24, 2.45) is 0 Å². The molecule has 10 heteroatoms. The van der Waals surface area contributed by atoms with E-state index in [0.29, 0.717) is 34.9 Å². The number of aliphatic hydroxyl groups is 1. The fourth-order valence-electron chi connectivity index (χ4n) is 3.51. The first-order valence-corrected chi connectivity index (χ1v) is 11.8. The Morgan fingerprint density at radius 1 is 1.06 bits per heavy atom. The molecule has 0 bridgehead atoms. The maximum absolute atomic E-state index is 15.8. The minimum absolute atomic E-state index is 0.000502. The Bertz CT molecular complexity index is 1270. The van der Waals surface area contributed by atoms with Gasteiger partial charge in [-0.25, -0.2) is 13.4 Å². The van der Waals surface area contributed by atoms with Crippen molar-refractivity contribution in [1.29, 1.82) is 0 Å². The van der Waals surface area contributed by atoms with E-state index in [2.05, 4.69) is 0 Å². The first-order valence-electron chi connectivity index (χ1n) is 10.4. The minimum atomic E-state index is -4.26. The third kappa shape index (κ3) is 5.01. The van der Waals surface area contributed by atoms with Crippen LogP contribution in [0.25, 0.3) is 10.8 Å². The van der Waals surface area contributed by atoms with E-state index in [1.165, 1.54) is 6.07 Å². The van der Waals surface area contributed by atoms with Crippen LogP contribution in [0.2, 0.25) is 0 Å². The molecule has 1 fully saturated rings. The fraction of sp³-hybridized carbons (Fsp3) is 0.261. The number of rotatable bonds is 9. The molecule has 1 amide bonds. The van der Waals surface area contributed by atoms with Crippen LogP contribution in [-0.2, 0) is 21.6 Å². The van der Waals surface area contributed by atoms with Crippen LogP contribution in [0.1, 0.15) is 18.4 Å². The third-order valence-electron chi connectivity index (χ3n) is 5.12. The van der Waals surface area contributed by atoms with Gasteiger partial charge in [0.2, 0.25) is 0 Å². The Kier molecular flexibility index (Phi) is 6.66. The average Bonchev–Trinajstić information content (AvgIpc) is 3.07. The molecule has 8 nitrogen and oxygen atoms in total. The number of amides is 1. The number of nitrogens with zero attached hydrogens (tertiary/aromatic N) is 1. The van der Waals surface area contributed by atoms with Crippen molar-refractivity contribution in [3.05, 3.63) is 66.0 Å². The molecule has 0 atom stereocenters. The zero-order valence-electron chi connectivity index (χ0n) is 17.7. The number of nitrogens with one attached hydrogen (secondary N) is 1. The van der Waals surface area contributed by atoms with Crippen molar-refractivity contribution < 1.29 is 32.2 Å². The SMILES string of the molecule is O=C1CN(c2c(OCc3ccccc3)cc3ccc(OCCCCO)cc3c2F)S(=O)(=O)N1. The number of unbranched alkanes of at least 4 members (excludes halogenated alkanes) is 1. The van der Waals surface area contributed by atoms with E-state index in [1.54, 1.807) is 18.2 Å². The van der Waals surface area contributed by atoms with Crippen molar-refractivity contribution in [3.63, 3.8) is 0 Å². The molecule has 3 aromatic carbocycles. The van der Waals surface area contributed by atoms with E-state index in [9.17, 15) is 13.2 Å². The van der Waals surface area contributed by atoms with Crippen LogP contribution >= 0.6 is 0 Å². The lowest BCUT2D eigenvalue weighted by atomic mass is 10.1. The molecule has 0 radical (unpaired) electrons. The van der Waals surface area contributed by atoms with Crippen LogP contribution in [-0.4, -0.2) is 39.2 Å². The third-order valence-corrected chi connectivity index (χ3v) is 6.49. The van der Waals surface area contributed by atoms with Crippen LogP contribution in [0.3, 0.4) is 0 Å². The van der Waals surface area contributed by atoms with E-state index >= 15 is 4.39 Å². The van der Waals surface area contributed by atoms with Crippen molar-refractivity contribution >= 4 is 32.6 Å². The number of aliphatic hydroxyl groups excluding tert-OH is 1. The number of carbonyl (C=O) groups excluding carboxylic acids is 1. The van der Waals surface area contributed by atoms with E-state index in [-0.39, 0.29) is 30.0 Å². The zero-order valence-corrected chi connectivity index (χ0v) is 18.5. The normalized spacial score (nSPS) is 15.0. The predicted molar refractivity (Wildman–Crippen MR) is 121 cm³/mol. The topological polar surface area (TPSA) is 105 Å². The molecule has 1 heterocycles. The number of halogens is 1. The zero-order chi connectivity index (χ0) is 23.4. The van der Waals surface area contributed by atoms with E-state index in [4.69, 9.17) is 14.6 Å². The van der Waals surface area contributed by atoms with Crippen molar-refractivity contribution in [1.82, 2.24) is 4.72 Å². The van der Waals surface area contributed by atoms with Gasteiger partial charge in [-0.3, -0.25) is 4.79 Å². The highest BCUT2D eigenvalue weighted by molar-refractivity contribution is 7.92. The molecule has 1 saturated heterocycles. The van der Waals surface area contributed by atoms with Gasteiger partial charge < -0.3 is 14.6 Å². The number of benzene rings is 3. The highest BCUT2D eigenvalue weighted by atomic mass is 32.2. The molecule has 3 aromatic rings. The summed E-state index contributed by atoms with van der Waals surface area (Å²) in [7, 11) is -4.26. The van der Waals surface area contributed by atoms with Crippen molar-refractivity contribution in [2.45, 2.75) is 19.4 Å². The second-order valence-electron chi connectivity index (χ2n) is 7.51. The Morgan fingerprint density at radius 3 is 2.55 bits per heavy atom. The molecule has 0 spiro atoms. The molecule has 0 unspecified atom stereocenters. The van der Waals surface area contributed by atoms with Gasteiger partial charge in [0.15, 0.2) is 5.82 Å². The van der Waals surface area contributed by atoms with Gasteiger partial charge in [0, 0.05) is 12.0 Å². The highest BCUT2D eigenvalue weighted by Crippen LogP contribution is 2.40. The number of ether oxygens (including phenoxy) is 2. The van der Waals surface area contributed by atoms with Crippen LogP contribution in [0.15, 0.2) is 54.6 Å². The summed E-state index contributed by atoms with van der Waals surface area (Å²) in [6.07, 6.45) is 1.22. The molecule has 4 rings (SSSR count). The minimum Gasteiger partial charge on any atom is -0.494 e. The smallest absolute Gasteiger partial charge is 0.326 e. The maximum atomic E-state index is 15.8. The molecular formula is C23H23FN2O6S. The summed E-state index contributed by atoms with van der Waals surface area (Å²) >= 11 is 0. The molecule has 33 heavy (non-hydrogen) atoms. The Balaban J connectivity index is 1.75. The summed E-state index contributed by atoms with van der Waals surface area (Å²) in [5.41, 5.74) is 0.475. The monoisotopic (exact) mass is 474 g/mol. The molecule has 174 valence electrons. The van der Waals surface area contributed by atoms with Crippen LogP contribution in [0.4, 0.5) is 10.1 Å². The van der Waals surface area contributed by atoms with Gasteiger partial charge in [-0.05, 0) is 42.0 Å². The van der Waals surface area contributed by atoms with Crippen LogP contribution < -0.4 is 18.5 Å². The van der Waals surface area contributed by atoms with Crippen LogP contribution in [0.5, 0.6) is 11.5 Å². The summed E-state index contributed by atoms with van der Waals surface area (Å²) < 4.78 is 54.8. The molecule has 0 aromatic heterocycles. The number of hydrogen-bond donors (Lipinski definition) is 2. The maximum Gasteiger partial charge on any atom is 0.326 e. The van der Waals surface area contributed by atoms with Gasteiger partial charge >= 0.3 is 10.2 Å². The molecule has 0 aliphatic carbocycles.